The molecular weight excluding hydrogens is 544 g/mol. The Balaban J connectivity index is 1.25. The molecule has 0 unspecified atom stereocenters. The van der Waals surface area contributed by atoms with Crippen LogP contribution >= 0.6 is 0 Å². The molecule has 9 heteroatoms. The highest BCUT2D eigenvalue weighted by Gasteiger charge is 2.35. The molecule has 0 bridgehead atoms. The highest BCUT2D eigenvalue weighted by molar-refractivity contribution is 5.90. The van der Waals surface area contributed by atoms with Crippen LogP contribution in [-0.4, -0.2) is 63.7 Å². The van der Waals surface area contributed by atoms with Gasteiger partial charge in [0.15, 0.2) is 5.82 Å². The van der Waals surface area contributed by atoms with Crippen molar-refractivity contribution >= 4 is 5.97 Å². The number of ether oxygens (including phenoxy) is 3. The first-order valence-corrected chi connectivity index (χ1v) is 14.7. The van der Waals surface area contributed by atoms with Gasteiger partial charge in [0.05, 0.1) is 19.0 Å². The van der Waals surface area contributed by atoms with Gasteiger partial charge < -0.3 is 19.3 Å². The average Bonchev–Trinajstić information content (AvgIpc) is 3.45. The molecule has 43 heavy (non-hydrogen) atoms. The number of benzene rings is 2. The van der Waals surface area contributed by atoms with E-state index in [1.54, 1.807) is 6.07 Å². The first-order chi connectivity index (χ1) is 20.7. The van der Waals surface area contributed by atoms with Crippen molar-refractivity contribution in [3.63, 3.8) is 0 Å². The van der Waals surface area contributed by atoms with E-state index in [1.807, 2.05) is 37.3 Å². The molecule has 0 amide bonds. The van der Waals surface area contributed by atoms with E-state index >= 15 is 0 Å². The lowest BCUT2D eigenvalue weighted by Gasteiger charge is -2.44. The van der Waals surface area contributed by atoms with Crippen molar-refractivity contribution in [3.05, 3.63) is 88.6 Å². The van der Waals surface area contributed by atoms with E-state index in [-0.39, 0.29) is 16.9 Å². The maximum atomic E-state index is 11.6. The molecule has 1 fully saturated rings. The van der Waals surface area contributed by atoms with Crippen molar-refractivity contribution in [1.29, 1.82) is 0 Å². The van der Waals surface area contributed by atoms with Gasteiger partial charge in [-0.3, -0.25) is 4.90 Å². The number of rotatable bonds is 8. The zero-order valence-electron chi connectivity index (χ0n) is 25.2. The van der Waals surface area contributed by atoms with Crippen LogP contribution in [0.5, 0.6) is 11.6 Å². The molecule has 0 aliphatic carbocycles. The van der Waals surface area contributed by atoms with Gasteiger partial charge in [-0.2, -0.15) is 9.78 Å². The Kier molecular flexibility index (Phi) is 7.94. The molecule has 0 atom stereocenters. The van der Waals surface area contributed by atoms with Crippen molar-refractivity contribution in [2.24, 2.45) is 0 Å². The fourth-order valence-corrected chi connectivity index (χ4v) is 6.39. The molecule has 9 nitrogen and oxygen atoms in total. The van der Waals surface area contributed by atoms with Crippen LogP contribution in [0.1, 0.15) is 59.3 Å². The van der Waals surface area contributed by atoms with Gasteiger partial charge in [-0.05, 0) is 60.2 Å². The second kappa shape index (κ2) is 11.8. The summed E-state index contributed by atoms with van der Waals surface area (Å²) in [6.07, 6.45) is 3.47. The minimum absolute atomic E-state index is 0.0289. The Bertz CT molecular complexity index is 1640. The third-order valence-electron chi connectivity index (χ3n) is 8.55. The number of nitrogens with zero attached hydrogens (tertiary/aromatic N) is 4. The van der Waals surface area contributed by atoms with E-state index in [2.05, 4.69) is 42.0 Å². The minimum Gasteiger partial charge on any atom is -0.488 e. The Morgan fingerprint density at radius 2 is 1.91 bits per heavy atom. The summed E-state index contributed by atoms with van der Waals surface area (Å²) in [5.74, 6) is 0.203. The van der Waals surface area contributed by atoms with Crippen LogP contribution in [0.25, 0.3) is 17.1 Å². The average molecular weight is 583 g/mol. The SMILES string of the molecule is COc1c(C(=O)O)cnn1-c1cccc(-c2cccc(C)c2OCc2ccc3c(c2)C(C)(C)CN(C2CCOCC2)C3)n1. The van der Waals surface area contributed by atoms with Gasteiger partial charge in [0.25, 0.3) is 0 Å². The molecule has 4 aromatic rings. The van der Waals surface area contributed by atoms with Gasteiger partial charge in [0.2, 0.25) is 5.88 Å². The molecule has 0 radical (unpaired) electrons. The summed E-state index contributed by atoms with van der Waals surface area (Å²) in [5.41, 5.74) is 6.45. The van der Waals surface area contributed by atoms with Crippen LogP contribution in [0, 0.1) is 6.92 Å². The Morgan fingerprint density at radius 1 is 1.12 bits per heavy atom. The van der Waals surface area contributed by atoms with Crippen molar-refractivity contribution in [2.45, 2.75) is 58.2 Å². The summed E-state index contributed by atoms with van der Waals surface area (Å²) in [6.45, 7) is 10.9. The lowest BCUT2D eigenvalue weighted by Crippen LogP contribution is -2.48. The summed E-state index contributed by atoms with van der Waals surface area (Å²) in [4.78, 5) is 19.1. The number of fused-ring (bicyclic) bond motifs is 1. The summed E-state index contributed by atoms with van der Waals surface area (Å²) >= 11 is 0. The summed E-state index contributed by atoms with van der Waals surface area (Å²) in [6, 6.07) is 18.9. The third-order valence-corrected chi connectivity index (χ3v) is 8.55. The van der Waals surface area contributed by atoms with Gasteiger partial charge in [0.1, 0.15) is 17.9 Å². The zero-order chi connectivity index (χ0) is 30.1. The van der Waals surface area contributed by atoms with Crippen LogP contribution in [0.4, 0.5) is 0 Å². The van der Waals surface area contributed by atoms with Crippen molar-refractivity contribution in [3.8, 4) is 28.7 Å². The fourth-order valence-electron chi connectivity index (χ4n) is 6.39. The molecule has 2 aliphatic heterocycles. The molecule has 1 N–H and O–H groups in total. The van der Waals surface area contributed by atoms with Crippen molar-refractivity contribution in [2.75, 3.05) is 26.9 Å². The second-order valence-electron chi connectivity index (χ2n) is 12.0. The molecule has 2 aromatic carbocycles. The van der Waals surface area contributed by atoms with Crippen LogP contribution in [0.15, 0.2) is 60.8 Å². The summed E-state index contributed by atoms with van der Waals surface area (Å²) < 4.78 is 18.9. The van der Waals surface area contributed by atoms with Gasteiger partial charge in [-0.15, -0.1) is 0 Å². The molecule has 0 saturated carbocycles. The van der Waals surface area contributed by atoms with Crippen molar-refractivity contribution < 1.29 is 24.1 Å². The number of pyridine rings is 1. The number of hydrogen-bond acceptors (Lipinski definition) is 7. The molecule has 4 heterocycles. The minimum atomic E-state index is -1.11. The van der Waals surface area contributed by atoms with Crippen molar-refractivity contribution in [1.82, 2.24) is 19.7 Å². The van der Waals surface area contributed by atoms with Gasteiger partial charge in [0, 0.05) is 43.3 Å². The number of carbonyl (C=O) groups is 1. The van der Waals surface area contributed by atoms with E-state index in [4.69, 9.17) is 19.2 Å². The Labute approximate surface area is 252 Å². The van der Waals surface area contributed by atoms with Crippen LogP contribution < -0.4 is 9.47 Å². The number of methoxy groups -OCH3 is 1. The summed E-state index contributed by atoms with van der Waals surface area (Å²) in [5, 5.41) is 13.7. The molecule has 1 saturated heterocycles. The standard InChI is InChI=1S/C34H38N4O5/c1-22-7-5-8-26(29-9-6-10-30(36-29)38-32(41-4)27(18-35-38)33(39)40)31(22)43-20-23-11-12-24-19-37(25-13-15-42-16-14-25)21-34(2,3)28(24)17-23/h5-12,17-18,25H,13-16,19-21H2,1-4H3,(H,39,40). The molecular formula is C34H38N4O5. The van der Waals surface area contributed by atoms with E-state index in [0.717, 1.165) is 61.6 Å². The molecule has 224 valence electrons. The summed E-state index contributed by atoms with van der Waals surface area (Å²) in [7, 11) is 1.42. The number of aromatic nitrogens is 3. The molecule has 2 aromatic heterocycles. The number of hydrogen-bond donors (Lipinski definition) is 1. The Morgan fingerprint density at radius 3 is 2.67 bits per heavy atom. The van der Waals surface area contributed by atoms with E-state index in [9.17, 15) is 9.90 Å². The second-order valence-corrected chi connectivity index (χ2v) is 12.0. The monoisotopic (exact) mass is 582 g/mol. The number of aryl methyl sites for hydroxylation is 1. The lowest BCUT2D eigenvalue weighted by atomic mass is 9.77. The Hall–Kier alpha value is -4.21. The predicted octanol–water partition coefficient (Wildman–Crippen LogP) is 5.80. The third kappa shape index (κ3) is 5.75. The van der Waals surface area contributed by atoms with Crippen LogP contribution in [-0.2, 0) is 23.3 Å². The first-order valence-electron chi connectivity index (χ1n) is 14.7. The zero-order valence-corrected chi connectivity index (χ0v) is 25.2. The van der Waals surface area contributed by atoms with E-state index in [0.29, 0.717) is 24.2 Å². The fraction of sp³-hybridized carbons (Fsp3) is 0.382. The molecule has 6 rings (SSSR count). The smallest absolute Gasteiger partial charge is 0.342 e. The molecule has 0 spiro atoms. The topological polar surface area (TPSA) is 98.9 Å². The van der Waals surface area contributed by atoms with Gasteiger partial charge >= 0.3 is 5.97 Å². The maximum absolute atomic E-state index is 11.6. The number of aromatic carboxylic acids is 1. The van der Waals surface area contributed by atoms with Crippen LogP contribution in [0.3, 0.4) is 0 Å². The molecule has 2 aliphatic rings. The highest BCUT2D eigenvalue weighted by Crippen LogP contribution is 2.37. The lowest BCUT2D eigenvalue weighted by molar-refractivity contribution is 0.0195. The predicted molar refractivity (Wildman–Crippen MR) is 163 cm³/mol. The van der Waals surface area contributed by atoms with Gasteiger partial charge in [-0.25, -0.2) is 9.78 Å². The largest absolute Gasteiger partial charge is 0.488 e. The quantitative estimate of drug-likeness (QED) is 0.278. The maximum Gasteiger partial charge on any atom is 0.342 e. The van der Waals surface area contributed by atoms with Crippen LogP contribution in [0.2, 0.25) is 0 Å². The van der Waals surface area contributed by atoms with E-state index < -0.39 is 5.97 Å². The number of carboxylic acid groups (broad SMARTS) is 1. The van der Waals surface area contributed by atoms with E-state index in [1.165, 1.54) is 29.1 Å². The first kappa shape index (κ1) is 28.9. The number of para-hydroxylation sites is 1. The normalized spacial score (nSPS) is 16.9. The highest BCUT2D eigenvalue weighted by atomic mass is 16.5. The van der Waals surface area contributed by atoms with Gasteiger partial charge in [-0.1, -0.05) is 50.2 Å². The number of carboxylic acids is 1.